The molecule has 0 atom stereocenters. The van der Waals surface area contributed by atoms with Crippen LogP contribution in [0.15, 0.2) is 18.2 Å². The lowest BCUT2D eigenvalue weighted by Crippen LogP contribution is -2.34. The van der Waals surface area contributed by atoms with E-state index in [0.29, 0.717) is 4.34 Å². The molecule has 94 valence electrons. The van der Waals surface area contributed by atoms with E-state index >= 15 is 0 Å². The molecular weight excluding hydrogens is 274 g/mol. The minimum atomic E-state index is -1.11. The number of amides is 1. The molecule has 0 aliphatic heterocycles. The highest BCUT2D eigenvalue weighted by Crippen LogP contribution is 2.22. The minimum Gasteiger partial charge on any atom is -0.480 e. The first-order valence-electron chi connectivity index (χ1n) is 4.90. The predicted molar refractivity (Wildman–Crippen MR) is 71.4 cm³/mol. The number of carboxylic acids is 1. The molecule has 1 amide bonds. The third-order valence-electron chi connectivity index (χ3n) is 1.90. The molecule has 1 N–H and O–H groups in total. The molecule has 4 nitrogen and oxygen atoms in total. The Bertz CT molecular complexity index is 516. The van der Waals surface area contributed by atoms with E-state index < -0.39 is 18.4 Å². The zero-order valence-corrected chi connectivity index (χ0v) is 10.9. The Hall–Kier alpha value is -1.77. The molecule has 0 unspecified atom stereocenters. The summed E-state index contributed by atoms with van der Waals surface area (Å²) in [7, 11) is 0. The van der Waals surface area contributed by atoms with Crippen LogP contribution in [0.3, 0.4) is 0 Å². The SMILES string of the molecule is C#CCN(CC(=O)O)C(=O)C=Cc1ccc(Cl)s1. The molecule has 0 saturated carbocycles. The van der Waals surface area contributed by atoms with Crippen molar-refractivity contribution in [2.75, 3.05) is 13.1 Å². The molecular formula is C12H10ClNO3S. The van der Waals surface area contributed by atoms with Gasteiger partial charge in [-0.2, -0.15) is 0 Å². The van der Waals surface area contributed by atoms with Gasteiger partial charge in [-0.25, -0.2) is 0 Å². The van der Waals surface area contributed by atoms with Crippen molar-refractivity contribution in [3.05, 3.63) is 27.4 Å². The normalized spacial score (nSPS) is 10.2. The second kappa shape index (κ2) is 6.84. The number of hydrogen-bond acceptors (Lipinski definition) is 3. The van der Waals surface area contributed by atoms with Crippen molar-refractivity contribution in [2.45, 2.75) is 0 Å². The van der Waals surface area contributed by atoms with Gasteiger partial charge in [-0.3, -0.25) is 9.59 Å². The van der Waals surface area contributed by atoms with Crippen LogP contribution in [0.2, 0.25) is 4.34 Å². The second-order valence-electron chi connectivity index (χ2n) is 3.27. The zero-order chi connectivity index (χ0) is 13.5. The van der Waals surface area contributed by atoms with Crippen molar-refractivity contribution in [3.63, 3.8) is 0 Å². The van der Waals surface area contributed by atoms with Crippen LogP contribution in [0.1, 0.15) is 4.88 Å². The van der Waals surface area contributed by atoms with Gasteiger partial charge in [-0.05, 0) is 18.2 Å². The fourth-order valence-electron chi connectivity index (χ4n) is 1.16. The van der Waals surface area contributed by atoms with Crippen LogP contribution in [0.4, 0.5) is 0 Å². The van der Waals surface area contributed by atoms with Crippen LogP contribution in [0, 0.1) is 12.3 Å². The van der Waals surface area contributed by atoms with Crippen molar-refractivity contribution >= 4 is 40.9 Å². The molecule has 0 aromatic carbocycles. The maximum atomic E-state index is 11.7. The Morgan fingerprint density at radius 2 is 2.28 bits per heavy atom. The lowest BCUT2D eigenvalue weighted by atomic mass is 10.3. The Kier molecular flexibility index (Phi) is 5.43. The first kappa shape index (κ1) is 14.3. The third kappa shape index (κ3) is 4.62. The van der Waals surface area contributed by atoms with Crippen molar-refractivity contribution < 1.29 is 14.7 Å². The summed E-state index contributed by atoms with van der Waals surface area (Å²) in [6.45, 7) is -0.459. The van der Waals surface area contributed by atoms with Crippen LogP contribution < -0.4 is 0 Å². The number of halogens is 1. The molecule has 0 radical (unpaired) electrons. The molecule has 1 rings (SSSR count). The fraction of sp³-hybridized carbons (Fsp3) is 0.167. The summed E-state index contributed by atoms with van der Waals surface area (Å²) in [4.78, 5) is 24.1. The van der Waals surface area contributed by atoms with E-state index in [4.69, 9.17) is 23.1 Å². The molecule has 1 heterocycles. The van der Waals surface area contributed by atoms with Gasteiger partial charge < -0.3 is 10.0 Å². The zero-order valence-electron chi connectivity index (χ0n) is 9.30. The summed E-state index contributed by atoms with van der Waals surface area (Å²) < 4.78 is 0.619. The maximum absolute atomic E-state index is 11.7. The van der Waals surface area contributed by atoms with Gasteiger partial charge in [-0.15, -0.1) is 17.8 Å². The highest BCUT2D eigenvalue weighted by molar-refractivity contribution is 7.17. The third-order valence-corrected chi connectivity index (χ3v) is 3.10. The molecule has 6 heteroatoms. The molecule has 0 aliphatic rings. The van der Waals surface area contributed by atoms with Gasteiger partial charge in [0, 0.05) is 11.0 Å². The lowest BCUT2D eigenvalue weighted by Gasteiger charge is -2.15. The van der Waals surface area contributed by atoms with Crippen LogP contribution in [-0.2, 0) is 9.59 Å². The topological polar surface area (TPSA) is 57.6 Å². The monoisotopic (exact) mass is 283 g/mol. The van der Waals surface area contributed by atoms with E-state index in [1.54, 1.807) is 18.2 Å². The predicted octanol–water partition coefficient (Wildman–Crippen LogP) is 1.96. The highest BCUT2D eigenvalue weighted by Gasteiger charge is 2.12. The van der Waals surface area contributed by atoms with Crippen molar-refractivity contribution in [1.82, 2.24) is 4.90 Å². The minimum absolute atomic E-state index is 0.0410. The summed E-state index contributed by atoms with van der Waals surface area (Å²) >= 11 is 7.06. The van der Waals surface area contributed by atoms with Crippen molar-refractivity contribution in [2.24, 2.45) is 0 Å². The van der Waals surface area contributed by atoms with Crippen molar-refractivity contribution in [3.8, 4) is 12.3 Å². The summed E-state index contributed by atoms with van der Waals surface area (Å²) in [5, 5.41) is 8.65. The van der Waals surface area contributed by atoms with E-state index in [2.05, 4.69) is 5.92 Å². The van der Waals surface area contributed by atoms with Crippen LogP contribution in [0.25, 0.3) is 6.08 Å². The van der Waals surface area contributed by atoms with Crippen LogP contribution in [-0.4, -0.2) is 35.0 Å². The van der Waals surface area contributed by atoms with E-state index in [9.17, 15) is 9.59 Å². The van der Waals surface area contributed by atoms with Gasteiger partial charge >= 0.3 is 5.97 Å². The number of thiophene rings is 1. The molecule has 1 aromatic rings. The molecule has 0 bridgehead atoms. The molecule has 0 aliphatic carbocycles. The number of carbonyl (C=O) groups is 2. The molecule has 0 spiro atoms. The average Bonchev–Trinajstić information content (AvgIpc) is 2.71. The number of carboxylic acid groups (broad SMARTS) is 1. The number of carbonyl (C=O) groups excluding carboxylic acids is 1. The smallest absolute Gasteiger partial charge is 0.323 e. The van der Waals surface area contributed by atoms with Gasteiger partial charge in [0.2, 0.25) is 5.91 Å². The summed E-state index contributed by atoms with van der Waals surface area (Å²) in [5.41, 5.74) is 0. The number of rotatable bonds is 5. The number of nitrogens with zero attached hydrogens (tertiary/aromatic N) is 1. The van der Waals surface area contributed by atoms with E-state index in [1.807, 2.05) is 0 Å². The summed E-state index contributed by atoms with van der Waals surface area (Å²) in [6, 6.07) is 3.48. The van der Waals surface area contributed by atoms with E-state index in [0.717, 1.165) is 9.78 Å². The quantitative estimate of drug-likeness (QED) is 0.664. The highest BCUT2D eigenvalue weighted by atomic mass is 35.5. The van der Waals surface area contributed by atoms with Gasteiger partial charge in [0.1, 0.15) is 6.54 Å². The first-order chi connectivity index (χ1) is 8.52. The van der Waals surface area contributed by atoms with Gasteiger partial charge in [0.15, 0.2) is 0 Å². The summed E-state index contributed by atoms with van der Waals surface area (Å²) in [5.74, 6) is 0.696. The van der Waals surface area contributed by atoms with Gasteiger partial charge in [0.25, 0.3) is 0 Å². The Morgan fingerprint density at radius 3 is 2.78 bits per heavy atom. The molecule has 0 saturated heterocycles. The van der Waals surface area contributed by atoms with Crippen LogP contribution in [0.5, 0.6) is 0 Å². The lowest BCUT2D eigenvalue weighted by molar-refractivity contribution is -0.142. The average molecular weight is 284 g/mol. The van der Waals surface area contributed by atoms with E-state index in [-0.39, 0.29) is 6.54 Å². The number of hydrogen-bond donors (Lipinski definition) is 1. The standard InChI is InChI=1S/C12H10ClNO3S/c1-2-7-14(8-12(16)17)11(15)6-4-9-3-5-10(13)18-9/h1,3-6H,7-8H2,(H,16,17). The van der Waals surface area contributed by atoms with Gasteiger partial charge in [0.05, 0.1) is 10.9 Å². The molecule has 1 aromatic heterocycles. The summed E-state index contributed by atoms with van der Waals surface area (Å²) in [6.07, 6.45) is 7.93. The Balaban J connectivity index is 2.69. The van der Waals surface area contributed by atoms with Crippen LogP contribution >= 0.6 is 22.9 Å². The Morgan fingerprint density at radius 1 is 1.56 bits per heavy atom. The second-order valence-corrected chi connectivity index (χ2v) is 5.01. The number of terminal acetylenes is 1. The fourth-order valence-corrected chi connectivity index (χ4v) is 2.13. The number of aliphatic carboxylic acids is 1. The molecule has 18 heavy (non-hydrogen) atoms. The largest absolute Gasteiger partial charge is 0.480 e. The van der Waals surface area contributed by atoms with E-state index in [1.165, 1.54) is 17.4 Å². The molecule has 0 fully saturated rings. The van der Waals surface area contributed by atoms with Crippen molar-refractivity contribution in [1.29, 1.82) is 0 Å². The van der Waals surface area contributed by atoms with Gasteiger partial charge in [-0.1, -0.05) is 17.5 Å². The Labute approximate surface area is 113 Å². The first-order valence-corrected chi connectivity index (χ1v) is 6.10. The maximum Gasteiger partial charge on any atom is 0.323 e.